The second-order valence-electron chi connectivity index (χ2n) is 6.76. The van der Waals surface area contributed by atoms with Gasteiger partial charge in [0.25, 0.3) is 0 Å². The maximum atomic E-state index is 11.8. The number of hydrogen-bond donors (Lipinski definition) is 0. The SMILES string of the molecule is CC(=O)OC[C@@H]1O[C@@H](Sc2cc(Cl)ccc2Cl)[C@@H](OC(C)=O)[C@@H](OC(C)=O)[C@@H]1OC(C)=O. The molecule has 1 aromatic rings. The van der Waals surface area contributed by atoms with Gasteiger partial charge in [-0.25, -0.2) is 0 Å². The van der Waals surface area contributed by atoms with Crippen molar-refractivity contribution in [2.75, 3.05) is 6.61 Å². The highest BCUT2D eigenvalue weighted by molar-refractivity contribution is 8.00. The predicted molar refractivity (Wildman–Crippen MR) is 114 cm³/mol. The van der Waals surface area contributed by atoms with Crippen LogP contribution in [0.1, 0.15) is 27.7 Å². The van der Waals surface area contributed by atoms with Crippen LogP contribution in [0, 0.1) is 0 Å². The number of carbonyl (C=O) groups is 4. The molecule has 176 valence electrons. The molecule has 0 spiro atoms. The Morgan fingerprint density at radius 2 is 1.44 bits per heavy atom. The fourth-order valence-corrected chi connectivity index (χ4v) is 4.63. The zero-order chi connectivity index (χ0) is 24.0. The first-order valence-electron chi connectivity index (χ1n) is 9.40. The molecule has 1 heterocycles. The first kappa shape index (κ1) is 26.2. The molecule has 5 atom stereocenters. The van der Waals surface area contributed by atoms with Crippen LogP contribution in [0.2, 0.25) is 10.0 Å². The van der Waals surface area contributed by atoms with Crippen LogP contribution in [-0.4, -0.2) is 60.3 Å². The summed E-state index contributed by atoms with van der Waals surface area (Å²) < 4.78 is 27.2. The molecule has 0 N–H and O–H groups in total. The van der Waals surface area contributed by atoms with E-state index in [0.717, 1.165) is 25.6 Å². The number of carbonyl (C=O) groups excluding carboxylic acids is 4. The van der Waals surface area contributed by atoms with Gasteiger partial charge in [0.2, 0.25) is 0 Å². The van der Waals surface area contributed by atoms with Gasteiger partial charge in [0.05, 0.1) is 5.02 Å². The summed E-state index contributed by atoms with van der Waals surface area (Å²) >= 11 is 13.4. The second-order valence-corrected chi connectivity index (χ2v) is 8.74. The van der Waals surface area contributed by atoms with Gasteiger partial charge in [-0.15, -0.1) is 0 Å². The van der Waals surface area contributed by atoms with Crippen molar-refractivity contribution in [1.82, 2.24) is 0 Å². The minimum atomic E-state index is -1.25. The van der Waals surface area contributed by atoms with E-state index in [1.54, 1.807) is 18.2 Å². The number of hydrogen-bond acceptors (Lipinski definition) is 10. The first-order chi connectivity index (χ1) is 15.0. The standard InChI is InChI=1S/C20H22Cl2O9S/c1-9(23)27-8-15-17(28-10(2)24)18(29-11(3)25)19(30-12(4)26)20(31-15)32-16-7-13(21)5-6-14(16)22/h5-7,15,17-20H,8H2,1-4H3/t15-,17+,18-,19-,20-/m0/s1. The Labute approximate surface area is 198 Å². The Hall–Kier alpha value is -2.01. The lowest BCUT2D eigenvalue weighted by Gasteiger charge is -2.44. The van der Waals surface area contributed by atoms with E-state index in [1.165, 1.54) is 13.8 Å². The van der Waals surface area contributed by atoms with Gasteiger partial charge in [0, 0.05) is 37.6 Å². The maximum absolute atomic E-state index is 11.8. The minimum Gasteiger partial charge on any atom is -0.463 e. The van der Waals surface area contributed by atoms with Crippen molar-refractivity contribution in [2.24, 2.45) is 0 Å². The van der Waals surface area contributed by atoms with E-state index in [9.17, 15) is 19.2 Å². The lowest BCUT2D eigenvalue weighted by molar-refractivity contribution is -0.237. The van der Waals surface area contributed by atoms with Crippen LogP contribution in [0.4, 0.5) is 0 Å². The molecule has 0 saturated carbocycles. The Morgan fingerprint density at radius 3 is 2.00 bits per heavy atom. The summed E-state index contributed by atoms with van der Waals surface area (Å²) in [7, 11) is 0. The highest BCUT2D eigenvalue weighted by atomic mass is 35.5. The molecule has 32 heavy (non-hydrogen) atoms. The quantitative estimate of drug-likeness (QED) is 0.401. The molecule has 0 radical (unpaired) electrons. The summed E-state index contributed by atoms with van der Waals surface area (Å²) in [5.41, 5.74) is -0.980. The molecule has 9 nitrogen and oxygen atoms in total. The Balaban J connectivity index is 2.49. The monoisotopic (exact) mass is 508 g/mol. The zero-order valence-electron chi connectivity index (χ0n) is 17.7. The van der Waals surface area contributed by atoms with Crippen molar-refractivity contribution in [2.45, 2.75) is 62.4 Å². The highest BCUT2D eigenvalue weighted by Crippen LogP contribution is 2.40. The van der Waals surface area contributed by atoms with E-state index in [0.29, 0.717) is 14.9 Å². The number of halogens is 2. The van der Waals surface area contributed by atoms with Gasteiger partial charge < -0.3 is 23.7 Å². The summed E-state index contributed by atoms with van der Waals surface area (Å²) in [6, 6.07) is 4.77. The molecular formula is C20H22Cl2O9S. The molecule has 0 bridgehead atoms. The molecule has 12 heteroatoms. The lowest BCUT2D eigenvalue weighted by atomic mass is 9.99. The van der Waals surface area contributed by atoms with Gasteiger partial charge in [-0.3, -0.25) is 19.2 Å². The van der Waals surface area contributed by atoms with Crippen LogP contribution in [0.5, 0.6) is 0 Å². The van der Waals surface area contributed by atoms with Gasteiger partial charge in [-0.1, -0.05) is 35.0 Å². The minimum absolute atomic E-state index is 0.307. The lowest BCUT2D eigenvalue weighted by Crippen LogP contribution is -2.61. The third kappa shape index (κ3) is 7.54. The van der Waals surface area contributed by atoms with Gasteiger partial charge in [0.1, 0.15) is 18.1 Å². The van der Waals surface area contributed by atoms with Crippen molar-refractivity contribution >= 4 is 58.8 Å². The normalized spacial score (nSPS) is 24.9. The number of thioether (sulfide) groups is 1. The molecule has 0 unspecified atom stereocenters. The first-order valence-corrected chi connectivity index (χ1v) is 11.0. The number of ether oxygens (including phenoxy) is 5. The zero-order valence-corrected chi connectivity index (χ0v) is 20.0. The maximum Gasteiger partial charge on any atom is 0.303 e. The van der Waals surface area contributed by atoms with Gasteiger partial charge in [0.15, 0.2) is 18.3 Å². The van der Waals surface area contributed by atoms with E-state index in [1.807, 2.05) is 0 Å². The molecule has 0 aliphatic carbocycles. The second kappa shape index (κ2) is 11.7. The van der Waals surface area contributed by atoms with Crippen molar-refractivity contribution in [3.05, 3.63) is 28.2 Å². The Morgan fingerprint density at radius 1 is 0.875 bits per heavy atom. The molecule has 1 fully saturated rings. The Kier molecular flexibility index (Phi) is 9.63. The van der Waals surface area contributed by atoms with Crippen LogP contribution in [0.25, 0.3) is 0 Å². The fourth-order valence-electron chi connectivity index (χ4n) is 2.98. The number of benzene rings is 1. The smallest absolute Gasteiger partial charge is 0.303 e. The van der Waals surface area contributed by atoms with Crippen LogP contribution < -0.4 is 0 Å². The molecule has 2 rings (SSSR count). The third-order valence-electron chi connectivity index (χ3n) is 4.08. The highest BCUT2D eigenvalue weighted by Gasteiger charge is 2.52. The largest absolute Gasteiger partial charge is 0.463 e. The number of esters is 4. The fraction of sp³-hybridized carbons (Fsp3) is 0.500. The molecule has 0 aromatic heterocycles. The summed E-state index contributed by atoms with van der Waals surface area (Å²) in [5.74, 6) is -2.68. The summed E-state index contributed by atoms with van der Waals surface area (Å²) in [5, 5.41) is 0.759. The summed E-state index contributed by atoms with van der Waals surface area (Å²) in [6.45, 7) is 4.37. The van der Waals surface area contributed by atoms with E-state index < -0.39 is 53.7 Å². The van der Waals surface area contributed by atoms with E-state index in [2.05, 4.69) is 0 Å². The van der Waals surface area contributed by atoms with Crippen molar-refractivity contribution < 1.29 is 42.9 Å². The molecule has 1 aliphatic rings. The molecular weight excluding hydrogens is 487 g/mol. The van der Waals surface area contributed by atoms with Crippen molar-refractivity contribution in [1.29, 1.82) is 0 Å². The van der Waals surface area contributed by atoms with Crippen LogP contribution in [0.15, 0.2) is 23.1 Å². The average molecular weight is 509 g/mol. The summed E-state index contributed by atoms with van der Waals surface area (Å²) in [4.78, 5) is 47.3. The molecule has 1 aliphatic heterocycles. The van der Waals surface area contributed by atoms with Gasteiger partial charge in [-0.2, -0.15) is 0 Å². The predicted octanol–water partition coefficient (Wildman–Crippen LogP) is 3.17. The molecule has 0 amide bonds. The summed E-state index contributed by atoms with van der Waals surface area (Å²) in [6.07, 6.45) is -4.68. The number of rotatable bonds is 7. The van der Waals surface area contributed by atoms with Crippen LogP contribution in [-0.2, 0) is 42.9 Å². The van der Waals surface area contributed by atoms with Crippen molar-refractivity contribution in [3.8, 4) is 0 Å². The van der Waals surface area contributed by atoms with Gasteiger partial charge in [-0.05, 0) is 18.2 Å². The van der Waals surface area contributed by atoms with Crippen LogP contribution >= 0.6 is 35.0 Å². The Bertz CT molecular complexity index is 879. The van der Waals surface area contributed by atoms with Crippen molar-refractivity contribution in [3.63, 3.8) is 0 Å². The molecule has 1 aromatic carbocycles. The topological polar surface area (TPSA) is 114 Å². The van der Waals surface area contributed by atoms with Gasteiger partial charge >= 0.3 is 23.9 Å². The molecule has 1 saturated heterocycles. The van der Waals surface area contributed by atoms with E-state index in [-0.39, 0.29) is 6.61 Å². The van der Waals surface area contributed by atoms with Crippen LogP contribution in [0.3, 0.4) is 0 Å². The van der Waals surface area contributed by atoms with E-state index >= 15 is 0 Å². The third-order valence-corrected chi connectivity index (χ3v) is 5.96. The van der Waals surface area contributed by atoms with E-state index in [4.69, 9.17) is 46.9 Å². The average Bonchev–Trinajstić information content (AvgIpc) is 2.66.